The summed E-state index contributed by atoms with van der Waals surface area (Å²) < 4.78 is 0.955. The number of aliphatic imine (C=N–C) groups is 1. The Morgan fingerprint density at radius 1 is 1.32 bits per heavy atom. The maximum absolute atomic E-state index is 13.0. The summed E-state index contributed by atoms with van der Waals surface area (Å²) in [6.07, 6.45) is 8.26. The van der Waals surface area contributed by atoms with Crippen LogP contribution in [0.15, 0.2) is 76.0 Å². The number of benzene rings is 1. The first-order valence-electron chi connectivity index (χ1n) is 10.2. The number of allylic oxidation sites excluding steroid dienone is 2. The summed E-state index contributed by atoms with van der Waals surface area (Å²) >= 11 is 5.22. The van der Waals surface area contributed by atoms with E-state index >= 15 is 0 Å². The molecule has 3 rings (SSSR count). The van der Waals surface area contributed by atoms with Crippen molar-refractivity contribution < 1.29 is 4.79 Å². The summed E-state index contributed by atoms with van der Waals surface area (Å²) in [4.78, 5) is 18.5. The van der Waals surface area contributed by atoms with Crippen LogP contribution < -0.4 is 16.0 Å². The molecule has 0 saturated heterocycles. The second kappa shape index (κ2) is 11.2. The largest absolute Gasteiger partial charge is 0.346 e. The summed E-state index contributed by atoms with van der Waals surface area (Å²) in [6, 6.07) is 12.1. The van der Waals surface area contributed by atoms with Crippen LogP contribution in [0.25, 0.3) is 5.57 Å². The van der Waals surface area contributed by atoms with Crippen LogP contribution in [0.1, 0.15) is 24.3 Å². The molecule has 0 saturated carbocycles. The zero-order valence-corrected chi connectivity index (χ0v) is 20.3. The Labute approximate surface area is 196 Å². The number of amidine groups is 1. The molecule has 31 heavy (non-hydrogen) atoms. The minimum absolute atomic E-state index is 0.0153. The number of hydrogen-bond acceptors (Lipinski definition) is 4. The smallest absolute Gasteiger partial charge is 0.229 e. The van der Waals surface area contributed by atoms with E-state index in [1.54, 1.807) is 17.5 Å². The molecule has 0 radical (unpaired) electrons. The number of carbonyl (C=O) groups is 1. The van der Waals surface area contributed by atoms with Crippen molar-refractivity contribution in [3.05, 3.63) is 81.4 Å². The van der Waals surface area contributed by atoms with Crippen molar-refractivity contribution in [1.82, 2.24) is 10.6 Å². The number of carbonyl (C=O) groups excluding carboxylic acids is 1. The molecule has 1 aliphatic heterocycles. The van der Waals surface area contributed by atoms with Gasteiger partial charge in [-0.15, -0.1) is 11.3 Å². The highest BCUT2D eigenvalue weighted by Crippen LogP contribution is 2.38. The van der Waals surface area contributed by atoms with E-state index in [4.69, 9.17) is 0 Å². The maximum atomic E-state index is 13.0. The first-order valence-corrected chi connectivity index (χ1v) is 11.8. The Hall–Kier alpha value is -2.48. The lowest BCUT2D eigenvalue weighted by Crippen LogP contribution is -2.32. The van der Waals surface area contributed by atoms with Crippen LogP contribution in [0.3, 0.4) is 0 Å². The molecular weight excluding hydrogens is 472 g/mol. The number of anilines is 1. The fourth-order valence-electron chi connectivity index (χ4n) is 3.35. The Balaban J connectivity index is 1.79. The van der Waals surface area contributed by atoms with Gasteiger partial charge in [-0.25, -0.2) is 4.99 Å². The van der Waals surface area contributed by atoms with Gasteiger partial charge in [0.15, 0.2) is 0 Å². The van der Waals surface area contributed by atoms with E-state index in [0.29, 0.717) is 13.0 Å². The van der Waals surface area contributed by atoms with Gasteiger partial charge in [-0.1, -0.05) is 36.4 Å². The van der Waals surface area contributed by atoms with Crippen molar-refractivity contribution >= 4 is 49.6 Å². The van der Waals surface area contributed by atoms with E-state index < -0.39 is 0 Å². The molecule has 5 nitrogen and oxygen atoms in total. The Kier molecular flexibility index (Phi) is 8.40. The zero-order valence-electron chi connectivity index (χ0n) is 17.9. The van der Waals surface area contributed by atoms with Gasteiger partial charge >= 0.3 is 0 Å². The SMILES string of the molecule is C\C=C/N=C1/NC=C/C1=C(/C)c1sc(NC(=O)C(CNC)Cc2ccccc2)cc1Br. The lowest BCUT2D eigenvalue weighted by molar-refractivity contribution is -0.119. The van der Waals surface area contributed by atoms with Gasteiger partial charge in [-0.05, 0) is 66.5 Å². The van der Waals surface area contributed by atoms with Crippen LogP contribution in [0.5, 0.6) is 0 Å². The second-order valence-corrected chi connectivity index (χ2v) is 9.10. The van der Waals surface area contributed by atoms with E-state index in [1.165, 1.54) is 0 Å². The molecule has 1 unspecified atom stereocenters. The molecule has 1 amide bonds. The molecule has 1 atom stereocenters. The Bertz CT molecular complexity index is 1040. The number of hydrogen-bond donors (Lipinski definition) is 3. The van der Waals surface area contributed by atoms with Crippen LogP contribution in [0, 0.1) is 5.92 Å². The zero-order chi connectivity index (χ0) is 22.2. The third kappa shape index (κ3) is 6.03. The molecule has 162 valence electrons. The molecule has 2 heterocycles. The molecule has 7 heteroatoms. The minimum atomic E-state index is -0.155. The molecule has 0 fully saturated rings. The van der Waals surface area contributed by atoms with Crippen LogP contribution in [0.2, 0.25) is 0 Å². The third-order valence-electron chi connectivity index (χ3n) is 4.90. The fourth-order valence-corrected chi connectivity index (χ4v) is 5.24. The average molecular weight is 499 g/mol. The lowest BCUT2D eigenvalue weighted by atomic mass is 9.98. The quantitative estimate of drug-likeness (QED) is 0.459. The van der Waals surface area contributed by atoms with Gasteiger partial charge in [0.25, 0.3) is 0 Å². The second-order valence-electron chi connectivity index (χ2n) is 7.20. The Morgan fingerprint density at radius 2 is 2.10 bits per heavy atom. The number of halogens is 1. The van der Waals surface area contributed by atoms with Gasteiger partial charge in [0, 0.05) is 33.9 Å². The van der Waals surface area contributed by atoms with Crippen LogP contribution in [-0.4, -0.2) is 25.3 Å². The van der Waals surface area contributed by atoms with E-state index in [9.17, 15) is 4.79 Å². The highest BCUT2D eigenvalue weighted by atomic mass is 79.9. The number of thiophene rings is 1. The molecule has 0 aliphatic carbocycles. The van der Waals surface area contributed by atoms with Gasteiger partial charge in [-0.2, -0.15) is 0 Å². The minimum Gasteiger partial charge on any atom is -0.346 e. The van der Waals surface area contributed by atoms with E-state index in [0.717, 1.165) is 36.9 Å². The van der Waals surface area contributed by atoms with Crippen molar-refractivity contribution in [2.24, 2.45) is 10.9 Å². The summed E-state index contributed by atoms with van der Waals surface area (Å²) in [7, 11) is 1.87. The summed E-state index contributed by atoms with van der Waals surface area (Å²) in [5.74, 6) is 0.678. The predicted molar refractivity (Wildman–Crippen MR) is 135 cm³/mol. The first kappa shape index (κ1) is 23.2. The van der Waals surface area contributed by atoms with Gasteiger partial charge < -0.3 is 16.0 Å². The summed E-state index contributed by atoms with van der Waals surface area (Å²) in [6.45, 7) is 4.62. The molecule has 0 spiro atoms. The molecule has 3 N–H and O–H groups in total. The number of rotatable bonds is 8. The monoisotopic (exact) mass is 498 g/mol. The van der Waals surface area contributed by atoms with Crippen molar-refractivity contribution in [2.45, 2.75) is 20.3 Å². The number of nitrogens with zero attached hydrogens (tertiary/aromatic N) is 1. The summed E-state index contributed by atoms with van der Waals surface area (Å²) in [5, 5.41) is 10.2. The van der Waals surface area contributed by atoms with Crippen LogP contribution >= 0.6 is 27.3 Å². The number of amides is 1. The molecule has 0 bridgehead atoms. The lowest BCUT2D eigenvalue weighted by Gasteiger charge is -2.16. The fraction of sp³-hybridized carbons (Fsp3) is 0.250. The van der Waals surface area contributed by atoms with Crippen molar-refractivity contribution in [2.75, 3.05) is 18.9 Å². The Morgan fingerprint density at radius 3 is 2.81 bits per heavy atom. The van der Waals surface area contributed by atoms with Crippen molar-refractivity contribution in [1.29, 1.82) is 0 Å². The normalized spacial score (nSPS) is 17.2. The van der Waals surface area contributed by atoms with Crippen molar-refractivity contribution in [3.8, 4) is 0 Å². The first-order chi connectivity index (χ1) is 15.0. The molecule has 1 aromatic heterocycles. The van der Waals surface area contributed by atoms with Gasteiger partial charge in [0.1, 0.15) is 5.84 Å². The standard InChI is InChI=1S/C24H27BrN4OS/c1-4-11-27-23-19(10-12-28-23)16(2)22-20(25)14-21(31-22)29-24(30)18(15-26-3)13-17-8-6-5-7-9-17/h4-12,14,18,26H,13,15H2,1-3H3,(H,27,28)(H,29,30)/b11-4-,19-16+. The van der Waals surface area contributed by atoms with E-state index in [2.05, 4.69) is 55.9 Å². The molecule has 1 aromatic carbocycles. The molecule has 2 aromatic rings. The molecule has 1 aliphatic rings. The van der Waals surface area contributed by atoms with Crippen molar-refractivity contribution in [3.63, 3.8) is 0 Å². The number of nitrogens with one attached hydrogen (secondary N) is 3. The maximum Gasteiger partial charge on any atom is 0.229 e. The molecular formula is C24H27BrN4OS. The van der Waals surface area contributed by atoms with E-state index in [1.807, 2.05) is 56.6 Å². The average Bonchev–Trinajstić information content (AvgIpc) is 3.38. The van der Waals surface area contributed by atoms with Gasteiger partial charge in [0.2, 0.25) is 5.91 Å². The van der Waals surface area contributed by atoms with Crippen LogP contribution in [0.4, 0.5) is 5.00 Å². The third-order valence-corrected chi connectivity index (χ3v) is 6.96. The van der Waals surface area contributed by atoms with E-state index in [-0.39, 0.29) is 11.8 Å². The highest BCUT2D eigenvalue weighted by Gasteiger charge is 2.21. The summed E-state index contributed by atoms with van der Waals surface area (Å²) in [5.41, 5.74) is 3.29. The van der Waals surface area contributed by atoms with Crippen LogP contribution in [-0.2, 0) is 11.2 Å². The predicted octanol–water partition coefficient (Wildman–Crippen LogP) is 5.35. The van der Waals surface area contributed by atoms with Gasteiger partial charge in [0.05, 0.1) is 10.9 Å². The van der Waals surface area contributed by atoms with Gasteiger partial charge in [-0.3, -0.25) is 4.79 Å². The topological polar surface area (TPSA) is 65.5 Å². The highest BCUT2D eigenvalue weighted by molar-refractivity contribution is 9.10.